The number of anilines is 1. The van der Waals surface area contributed by atoms with Gasteiger partial charge in [0.05, 0.1) is 5.39 Å². The van der Waals surface area contributed by atoms with Gasteiger partial charge in [-0.1, -0.05) is 0 Å². The zero-order chi connectivity index (χ0) is 15.3. The Morgan fingerprint density at radius 1 is 1.32 bits per heavy atom. The summed E-state index contributed by atoms with van der Waals surface area (Å²) >= 11 is 0. The fraction of sp³-hybridized carbons (Fsp3) is 0.429. The normalized spacial score (nSPS) is 21.9. The molecule has 1 unspecified atom stereocenters. The van der Waals surface area contributed by atoms with Crippen LogP contribution in [-0.2, 0) is 4.79 Å². The van der Waals surface area contributed by atoms with Crippen molar-refractivity contribution >= 4 is 28.8 Å². The average molecular weight is 300 g/mol. The van der Waals surface area contributed by atoms with E-state index in [0.29, 0.717) is 26.2 Å². The molecular formula is C14H16N6O2. The van der Waals surface area contributed by atoms with Crippen LogP contribution in [0.4, 0.5) is 10.6 Å². The largest absolute Gasteiger partial charge is 0.352 e. The number of piperazine rings is 1. The fourth-order valence-corrected chi connectivity index (χ4v) is 3.25. The van der Waals surface area contributed by atoms with Crippen LogP contribution in [0.1, 0.15) is 6.92 Å². The van der Waals surface area contributed by atoms with Gasteiger partial charge in [0.15, 0.2) is 0 Å². The van der Waals surface area contributed by atoms with Crippen LogP contribution >= 0.6 is 0 Å². The Kier molecular flexibility index (Phi) is 2.78. The van der Waals surface area contributed by atoms with E-state index in [4.69, 9.17) is 0 Å². The van der Waals surface area contributed by atoms with Gasteiger partial charge < -0.3 is 14.8 Å². The molecule has 2 aromatic heterocycles. The lowest BCUT2D eigenvalue weighted by Crippen LogP contribution is -2.53. The van der Waals surface area contributed by atoms with Gasteiger partial charge in [-0.3, -0.25) is 9.69 Å². The van der Waals surface area contributed by atoms with Crippen LogP contribution < -0.4 is 4.90 Å². The minimum absolute atomic E-state index is 0.114. The first kappa shape index (κ1) is 13.1. The summed E-state index contributed by atoms with van der Waals surface area (Å²) in [5, 5.41) is 0.931. The summed E-state index contributed by atoms with van der Waals surface area (Å²) in [5.74, 6) is 0.692. The Morgan fingerprint density at radius 3 is 3.00 bits per heavy atom. The van der Waals surface area contributed by atoms with E-state index in [-0.39, 0.29) is 11.9 Å². The molecule has 8 nitrogen and oxygen atoms in total. The Morgan fingerprint density at radius 2 is 2.18 bits per heavy atom. The summed E-state index contributed by atoms with van der Waals surface area (Å²) in [6.45, 7) is 3.89. The van der Waals surface area contributed by atoms with Gasteiger partial charge in [0.1, 0.15) is 23.8 Å². The first-order valence-corrected chi connectivity index (χ1v) is 7.35. The van der Waals surface area contributed by atoms with E-state index in [9.17, 15) is 9.59 Å². The van der Waals surface area contributed by atoms with Crippen molar-refractivity contribution < 1.29 is 9.59 Å². The second-order valence-electron chi connectivity index (χ2n) is 5.46. The maximum absolute atomic E-state index is 12.4. The summed E-state index contributed by atoms with van der Waals surface area (Å²) in [4.78, 5) is 41.2. The highest BCUT2D eigenvalue weighted by Gasteiger charge is 2.47. The molecule has 0 spiro atoms. The van der Waals surface area contributed by atoms with Gasteiger partial charge in [-0.25, -0.2) is 14.8 Å². The SMILES string of the molecule is CCN1C(=O)C2CN(c3ncnc4[nH]ccc34)CCN2C1=O. The molecular weight excluding hydrogens is 284 g/mol. The summed E-state index contributed by atoms with van der Waals surface area (Å²) in [6.07, 6.45) is 3.34. The summed E-state index contributed by atoms with van der Waals surface area (Å²) < 4.78 is 0. The number of urea groups is 1. The van der Waals surface area contributed by atoms with Crippen molar-refractivity contribution in [1.82, 2.24) is 24.8 Å². The van der Waals surface area contributed by atoms with E-state index in [1.54, 1.807) is 4.90 Å². The Labute approximate surface area is 126 Å². The third-order valence-electron chi connectivity index (χ3n) is 4.36. The van der Waals surface area contributed by atoms with E-state index >= 15 is 0 Å². The highest BCUT2D eigenvalue weighted by molar-refractivity contribution is 6.05. The molecule has 0 radical (unpaired) electrons. The minimum Gasteiger partial charge on any atom is -0.352 e. The minimum atomic E-state index is -0.412. The van der Waals surface area contributed by atoms with E-state index in [1.165, 1.54) is 11.2 Å². The summed E-state index contributed by atoms with van der Waals surface area (Å²) in [6, 6.07) is 1.34. The van der Waals surface area contributed by atoms with Gasteiger partial charge in [0.2, 0.25) is 0 Å². The number of fused-ring (bicyclic) bond motifs is 2. The van der Waals surface area contributed by atoms with E-state index in [2.05, 4.69) is 19.9 Å². The zero-order valence-electron chi connectivity index (χ0n) is 12.2. The molecule has 2 aromatic rings. The standard InChI is InChI=1S/C14H16N6O2/c1-2-19-13(21)10-7-18(5-6-20(10)14(19)22)12-9-3-4-15-11(9)16-8-17-12/h3-4,8,10H,2,5-7H2,1H3,(H,15,16,17). The van der Waals surface area contributed by atoms with Crippen LogP contribution in [0.15, 0.2) is 18.6 Å². The van der Waals surface area contributed by atoms with Gasteiger partial charge in [-0.05, 0) is 13.0 Å². The van der Waals surface area contributed by atoms with Crippen LogP contribution in [-0.4, -0.2) is 68.9 Å². The predicted molar refractivity (Wildman–Crippen MR) is 79.4 cm³/mol. The molecule has 22 heavy (non-hydrogen) atoms. The number of hydrogen-bond donors (Lipinski definition) is 1. The predicted octanol–water partition coefficient (Wildman–Crippen LogP) is 0.431. The number of carbonyl (C=O) groups is 2. The zero-order valence-corrected chi connectivity index (χ0v) is 12.2. The molecule has 0 aliphatic carbocycles. The van der Waals surface area contributed by atoms with Crippen molar-refractivity contribution in [3.63, 3.8) is 0 Å². The Hall–Kier alpha value is -2.64. The number of nitrogens with one attached hydrogen (secondary N) is 1. The fourth-order valence-electron chi connectivity index (χ4n) is 3.25. The molecule has 4 heterocycles. The quantitative estimate of drug-likeness (QED) is 0.813. The molecule has 2 aliphatic heterocycles. The Bertz CT molecular complexity index is 757. The van der Waals surface area contributed by atoms with Crippen LogP contribution in [0.3, 0.4) is 0 Å². The van der Waals surface area contributed by atoms with Gasteiger partial charge >= 0.3 is 6.03 Å². The molecule has 3 amide bonds. The number of carbonyl (C=O) groups excluding carboxylic acids is 2. The molecule has 1 N–H and O–H groups in total. The lowest BCUT2D eigenvalue weighted by molar-refractivity contribution is -0.128. The van der Waals surface area contributed by atoms with Gasteiger partial charge in [-0.2, -0.15) is 0 Å². The van der Waals surface area contributed by atoms with Crippen LogP contribution in [0.25, 0.3) is 11.0 Å². The van der Waals surface area contributed by atoms with Crippen molar-refractivity contribution in [3.05, 3.63) is 18.6 Å². The smallest absolute Gasteiger partial charge is 0.327 e. The molecule has 1 atom stereocenters. The number of hydrogen-bond acceptors (Lipinski definition) is 5. The van der Waals surface area contributed by atoms with E-state index in [1.807, 2.05) is 19.2 Å². The number of aromatic amines is 1. The number of imide groups is 1. The molecule has 2 aliphatic rings. The van der Waals surface area contributed by atoms with Crippen LogP contribution in [0.2, 0.25) is 0 Å². The number of rotatable bonds is 2. The third kappa shape index (κ3) is 1.69. The van der Waals surface area contributed by atoms with E-state index in [0.717, 1.165) is 16.9 Å². The summed E-state index contributed by atoms with van der Waals surface area (Å²) in [7, 11) is 0. The lowest BCUT2D eigenvalue weighted by Gasteiger charge is -2.36. The number of amides is 3. The Balaban J connectivity index is 1.66. The molecule has 2 fully saturated rings. The van der Waals surface area contributed by atoms with Crippen molar-refractivity contribution in [2.45, 2.75) is 13.0 Å². The average Bonchev–Trinajstić information content (AvgIpc) is 3.11. The number of nitrogens with zero attached hydrogens (tertiary/aromatic N) is 5. The van der Waals surface area contributed by atoms with Crippen molar-refractivity contribution in [1.29, 1.82) is 0 Å². The molecule has 2 saturated heterocycles. The first-order chi connectivity index (χ1) is 10.7. The molecule has 0 saturated carbocycles. The monoisotopic (exact) mass is 300 g/mol. The van der Waals surface area contributed by atoms with Crippen LogP contribution in [0, 0.1) is 0 Å². The van der Waals surface area contributed by atoms with Gasteiger partial charge in [-0.15, -0.1) is 0 Å². The molecule has 114 valence electrons. The molecule has 0 bridgehead atoms. The molecule has 0 aromatic carbocycles. The number of aromatic nitrogens is 3. The van der Waals surface area contributed by atoms with Gasteiger partial charge in [0.25, 0.3) is 5.91 Å². The van der Waals surface area contributed by atoms with E-state index < -0.39 is 6.04 Å². The van der Waals surface area contributed by atoms with Crippen molar-refractivity contribution in [2.75, 3.05) is 31.1 Å². The second kappa shape index (κ2) is 4.69. The summed E-state index contributed by atoms with van der Waals surface area (Å²) in [5.41, 5.74) is 0.774. The molecule has 8 heteroatoms. The van der Waals surface area contributed by atoms with Crippen LogP contribution in [0.5, 0.6) is 0 Å². The highest BCUT2D eigenvalue weighted by Crippen LogP contribution is 2.27. The third-order valence-corrected chi connectivity index (χ3v) is 4.36. The van der Waals surface area contributed by atoms with Crippen molar-refractivity contribution in [2.24, 2.45) is 0 Å². The molecule has 4 rings (SSSR count). The highest BCUT2D eigenvalue weighted by atomic mass is 16.2. The second-order valence-corrected chi connectivity index (χ2v) is 5.46. The first-order valence-electron chi connectivity index (χ1n) is 7.35. The van der Waals surface area contributed by atoms with Crippen molar-refractivity contribution in [3.8, 4) is 0 Å². The maximum atomic E-state index is 12.4. The maximum Gasteiger partial charge on any atom is 0.327 e. The number of H-pyrrole nitrogens is 1. The topological polar surface area (TPSA) is 85.4 Å². The lowest BCUT2D eigenvalue weighted by atomic mass is 10.1. The van der Waals surface area contributed by atoms with Gasteiger partial charge in [0, 0.05) is 32.4 Å². The number of likely N-dealkylation sites (N-methyl/N-ethyl adjacent to an activating group) is 1.